The zero-order chi connectivity index (χ0) is 8.67. The zero-order valence-electron chi connectivity index (χ0n) is 8.55. The highest BCUT2D eigenvalue weighted by Gasteiger charge is 2.38. The molecule has 2 atom stereocenters. The summed E-state index contributed by atoms with van der Waals surface area (Å²) in [4.78, 5) is 3.38. The van der Waals surface area contributed by atoms with Crippen molar-refractivity contribution in [2.45, 2.75) is 25.3 Å². The maximum absolute atomic E-state index is 3.38. The molecule has 1 saturated heterocycles. The lowest BCUT2D eigenvalue weighted by atomic mass is 9.83. The molecule has 2 nitrogen and oxygen atoms in total. The minimum Gasteiger partial charge on any atom is -1.00 e. The third kappa shape index (κ3) is 2.12. The molecule has 1 fully saturated rings. The summed E-state index contributed by atoms with van der Waals surface area (Å²) in [6, 6.07) is 5.19. The number of fused-ring (bicyclic) bond motifs is 3. The van der Waals surface area contributed by atoms with Crippen molar-refractivity contribution in [2.24, 2.45) is 5.92 Å². The van der Waals surface area contributed by atoms with E-state index in [-0.39, 0.29) is 24.8 Å². The number of nitrogens with one attached hydrogen (secondary N) is 1. The van der Waals surface area contributed by atoms with Crippen LogP contribution in [0.4, 0.5) is 0 Å². The maximum Gasteiger partial charge on any atom is 0.188 e. The predicted octanol–water partition coefficient (Wildman–Crippen LogP) is -5.92. The van der Waals surface area contributed by atoms with E-state index in [9.17, 15) is 0 Å². The molecule has 0 amide bonds. The van der Waals surface area contributed by atoms with Gasteiger partial charge in [0.15, 0.2) is 11.9 Å². The highest BCUT2D eigenvalue weighted by molar-refractivity contribution is 5.22. The van der Waals surface area contributed by atoms with Gasteiger partial charge in [-0.15, -0.1) is 0 Å². The first-order valence-electron chi connectivity index (χ1n) is 5.28. The van der Waals surface area contributed by atoms with Crippen LogP contribution in [0.25, 0.3) is 0 Å². The van der Waals surface area contributed by atoms with Gasteiger partial charge in [0.1, 0.15) is 6.04 Å². The van der Waals surface area contributed by atoms with Crippen LogP contribution in [0.2, 0.25) is 0 Å². The summed E-state index contributed by atoms with van der Waals surface area (Å²) in [5, 5.41) is 2.51. The van der Waals surface area contributed by atoms with Gasteiger partial charge in [0, 0.05) is 24.8 Å². The highest BCUT2D eigenvalue weighted by Crippen LogP contribution is 2.33. The molecule has 0 spiro atoms. The minimum atomic E-state index is 0. The molecule has 2 aliphatic rings. The van der Waals surface area contributed by atoms with Crippen molar-refractivity contribution in [3.8, 4) is 0 Å². The molecular weight excluding hydrogens is 231 g/mol. The van der Waals surface area contributed by atoms with Gasteiger partial charge in [-0.2, -0.15) is 0 Å². The second-order valence-corrected chi connectivity index (χ2v) is 4.24. The van der Waals surface area contributed by atoms with Crippen LogP contribution in [0.5, 0.6) is 0 Å². The second kappa shape index (κ2) is 5.15. The van der Waals surface area contributed by atoms with E-state index < -0.39 is 0 Å². The Kier molecular flexibility index (Phi) is 4.38. The second-order valence-electron chi connectivity index (χ2n) is 4.24. The van der Waals surface area contributed by atoms with Crippen LogP contribution in [0.1, 0.15) is 30.1 Å². The van der Waals surface area contributed by atoms with Crippen molar-refractivity contribution in [3.63, 3.8) is 0 Å². The number of aromatic nitrogens is 1. The highest BCUT2D eigenvalue weighted by atomic mass is 35.5. The number of hydrogen-bond acceptors (Lipinski definition) is 0. The fraction of sp³-hybridized carbons (Fsp3) is 0.545. The van der Waals surface area contributed by atoms with E-state index in [4.69, 9.17) is 0 Å². The smallest absolute Gasteiger partial charge is 0.188 e. The topological polar surface area (TPSA) is 30.8 Å². The first kappa shape index (κ1) is 12.8. The van der Waals surface area contributed by atoms with E-state index in [1.165, 1.54) is 31.5 Å². The van der Waals surface area contributed by atoms with Crippen LogP contribution in [-0.2, 0) is 6.42 Å². The van der Waals surface area contributed by atoms with Crippen molar-refractivity contribution in [1.82, 2.24) is 0 Å². The van der Waals surface area contributed by atoms with Gasteiger partial charge < -0.3 is 30.1 Å². The molecule has 3 rings (SSSR count). The molecule has 1 aliphatic heterocycles. The largest absolute Gasteiger partial charge is 1.00 e. The van der Waals surface area contributed by atoms with Crippen molar-refractivity contribution in [3.05, 3.63) is 29.6 Å². The SMILES string of the molecule is [Cl-].[Cl-].c1c[nH+]c2c(c1)C1[NH2+]CCC1CC2. The van der Waals surface area contributed by atoms with Gasteiger partial charge in [-0.1, -0.05) is 0 Å². The molecule has 15 heavy (non-hydrogen) atoms. The third-order valence-corrected chi connectivity index (χ3v) is 3.57. The molecule has 0 saturated carbocycles. The average Bonchev–Trinajstić information content (AvgIpc) is 2.65. The molecule has 1 aromatic rings. The van der Waals surface area contributed by atoms with Crippen molar-refractivity contribution in [1.29, 1.82) is 0 Å². The third-order valence-electron chi connectivity index (χ3n) is 3.57. The van der Waals surface area contributed by atoms with Gasteiger partial charge in [0.25, 0.3) is 0 Å². The number of hydrogen-bond donors (Lipinski definition) is 1. The first-order chi connectivity index (χ1) is 6.45. The zero-order valence-corrected chi connectivity index (χ0v) is 10.1. The molecule has 1 aliphatic carbocycles. The quantitative estimate of drug-likeness (QED) is 0.473. The van der Waals surface area contributed by atoms with Crippen molar-refractivity contribution in [2.75, 3.05) is 6.54 Å². The van der Waals surface area contributed by atoms with Gasteiger partial charge in [-0.3, -0.25) is 0 Å². The van der Waals surface area contributed by atoms with Crippen molar-refractivity contribution >= 4 is 0 Å². The van der Waals surface area contributed by atoms with E-state index >= 15 is 0 Å². The lowest BCUT2D eigenvalue weighted by Crippen LogP contribution is -3.00. The number of nitrogens with two attached hydrogens (primary N) is 1. The fourth-order valence-electron chi connectivity index (χ4n) is 2.91. The Balaban J connectivity index is 0.000000562. The fourth-order valence-corrected chi connectivity index (χ4v) is 2.91. The summed E-state index contributed by atoms with van der Waals surface area (Å²) in [5.74, 6) is 0.947. The van der Waals surface area contributed by atoms with E-state index in [1.807, 2.05) is 6.20 Å². The van der Waals surface area contributed by atoms with Crippen LogP contribution in [-0.4, -0.2) is 6.54 Å². The average molecular weight is 247 g/mol. The number of rotatable bonds is 0. The molecule has 0 radical (unpaired) electrons. The molecular formula is C11H16Cl2N2. The van der Waals surface area contributed by atoms with Crippen LogP contribution >= 0.6 is 0 Å². The van der Waals surface area contributed by atoms with E-state index in [2.05, 4.69) is 22.4 Å². The molecule has 0 bridgehead atoms. The molecule has 0 aromatic carbocycles. The van der Waals surface area contributed by atoms with Crippen LogP contribution in [0.3, 0.4) is 0 Å². The van der Waals surface area contributed by atoms with E-state index in [0.29, 0.717) is 0 Å². The Hall–Kier alpha value is -0.310. The predicted molar refractivity (Wildman–Crippen MR) is 49.0 cm³/mol. The van der Waals surface area contributed by atoms with Crippen LogP contribution in [0, 0.1) is 5.92 Å². The molecule has 3 N–H and O–H groups in total. The number of halogens is 2. The van der Waals surface area contributed by atoms with Gasteiger partial charge in [-0.25, -0.2) is 4.98 Å². The number of aryl methyl sites for hydroxylation is 1. The van der Waals surface area contributed by atoms with E-state index in [0.717, 1.165) is 12.0 Å². The van der Waals surface area contributed by atoms with E-state index in [1.54, 1.807) is 5.56 Å². The Bertz CT molecular complexity index is 330. The molecule has 2 heterocycles. The van der Waals surface area contributed by atoms with Gasteiger partial charge in [-0.05, 0) is 12.5 Å². The van der Waals surface area contributed by atoms with Gasteiger partial charge in [0.2, 0.25) is 0 Å². The van der Waals surface area contributed by atoms with Crippen LogP contribution < -0.4 is 35.1 Å². The number of pyridine rings is 1. The Labute approximate surface area is 103 Å². The summed E-state index contributed by atoms with van der Waals surface area (Å²) in [6.45, 7) is 1.32. The Morgan fingerprint density at radius 2 is 2.13 bits per heavy atom. The normalized spacial score (nSPS) is 26.9. The summed E-state index contributed by atoms with van der Waals surface area (Å²) < 4.78 is 0. The minimum absolute atomic E-state index is 0. The molecule has 84 valence electrons. The summed E-state index contributed by atoms with van der Waals surface area (Å²) in [7, 11) is 0. The number of quaternary nitrogens is 1. The number of H-pyrrole nitrogens is 1. The summed E-state index contributed by atoms with van der Waals surface area (Å²) in [6.07, 6.45) is 6.10. The Morgan fingerprint density at radius 1 is 1.27 bits per heavy atom. The summed E-state index contributed by atoms with van der Waals surface area (Å²) in [5.41, 5.74) is 3.04. The molecule has 1 aromatic heterocycles. The Morgan fingerprint density at radius 3 is 3.00 bits per heavy atom. The van der Waals surface area contributed by atoms with Gasteiger partial charge >= 0.3 is 0 Å². The molecule has 4 heteroatoms. The number of aromatic amines is 1. The lowest BCUT2D eigenvalue weighted by molar-refractivity contribution is -0.681. The first-order valence-corrected chi connectivity index (χ1v) is 5.28. The van der Waals surface area contributed by atoms with Gasteiger partial charge in [0.05, 0.1) is 12.1 Å². The standard InChI is InChI=1S/C11H14N2.2ClH/c1-2-9-10(12-6-1)4-3-8-5-7-13-11(8)9;;/h1-2,6,8,11,13H,3-5,7H2;2*1H. The van der Waals surface area contributed by atoms with Crippen LogP contribution in [0.15, 0.2) is 18.3 Å². The van der Waals surface area contributed by atoms with Crippen molar-refractivity contribution < 1.29 is 35.1 Å². The lowest BCUT2D eigenvalue weighted by Gasteiger charge is -2.21. The monoisotopic (exact) mass is 246 g/mol. The molecule has 2 unspecified atom stereocenters. The summed E-state index contributed by atoms with van der Waals surface area (Å²) >= 11 is 0. The maximum atomic E-state index is 3.38.